The van der Waals surface area contributed by atoms with Gasteiger partial charge in [0.05, 0.1) is 11.0 Å². The van der Waals surface area contributed by atoms with Crippen molar-refractivity contribution in [2.24, 2.45) is 0 Å². The van der Waals surface area contributed by atoms with Crippen LogP contribution in [0.15, 0.2) is 18.2 Å². The molecule has 0 radical (unpaired) electrons. The van der Waals surface area contributed by atoms with E-state index in [-0.39, 0.29) is 5.91 Å². The molecular formula is C14H18N4O. The van der Waals surface area contributed by atoms with Crippen molar-refractivity contribution in [3.05, 3.63) is 24.0 Å². The van der Waals surface area contributed by atoms with Gasteiger partial charge in [0.1, 0.15) is 12.4 Å². The summed E-state index contributed by atoms with van der Waals surface area (Å²) in [5, 5.41) is 2.83. The summed E-state index contributed by atoms with van der Waals surface area (Å²) in [6.07, 6.45) is 2.32. The fourth-order valence-corrected chi connectivity index (χ4v) is 2.38. The highest BCUT2D eigenvalue weighted by molar-refractivity contribution is 5.83. The molecule has 1 aromatic heterocycles. The minimum Gasteiger partial charge on any atom is -0.399 e. The first kappa shape index (κ1) is 12.0. The van der Waals surface area contributed by atoms with Gasteiger partial charge in [-0.15, -0.1) is 0 Å². The van der Waals surface area contributed by atoms with Crippen LogP contribution in [0.2, 0.25) is 0 Å². The van der Waals surface area contributed by atoms with Gasteiger partial charge in [0, 0.05) is 18.2 Å². The molecule has 5 nitrogen and oxygen atoms in total. The predicted molar refractivity (Wildman–Crippen MR) is 74.8 cm³/mol. The Bertz CT molecular complexity index is 628. The zero-order chi connectivity index (χ0) is 13.4. The van der Waals surface area contributed by atoms with Crippen LogP contribution in [0, 0.1) is 0 Å². The molecule has 19 heavy (non-hydrogen) atoms. The fourth-order valence-electron chi connectivity index (χ4n) is 2.38. The highest BCUT2D eigenvalue weighted by Crippen LogP contribution is 2.40. The fraction of sp³-hybridized carbons (Fsp3) is 0.429. The number of aromatic nitrogens is 2. The van der Waals surface area contributed by atoms with Gasteiger partial charge in [0.2, 0.25) is 5.91 Å². The summed E-state index contributed by atoms with van der Waals surface area (Å²) in [7, 11) is 0. The third-order valence-corrected chi connectivity index (χ3v) is 3.42. The molecular weight excluding hydrogens is 240 g/mol. The third-order valence-electron chi connectivity index (χ3n) is 3.42. The Morgan fingerprint density at radius 3 is 3.00 bits per heavy atom. The highest BCUT2D eigenvalue weighted by atomic mass is 16.1. The molecule has 3 rings (SSSR count). The highest BCUT2D eigenvalue weighted by Gasteiger charge is 2.30. The van der Waals surface area contributed by atoms with E-state index in [1.165, 1.54) is 0 Å². The van der Waals surface area contributed by atoms with Crippen LogP contribution in [-0.2, 0) is 11.3 Å². The number of nitrogens with one attached hydrogen (secondary N) is 1. The van der Waals surface area contributed by atoms with E-state index in [1.54, 1.807) is 0 Å². The zero-order valence-corrected chi connectivity index (χ0v) is 11.0. The van der Waals surface area contributed by atoms with Gasteiger partial charge in [-0.3, -0.25) is 4.79 Å². The Balaban J connectivity index is 2.03. The van der Waals surface area contributed by atoms with Gasteiger partial charge in [0.25, 0.3) is 0 Å². The molecule has 0 bridgehead atoms. The van der Waals surface area contributed by atoms with Crippen molar-refractivity contribution < 1.29 is 4.79 Å². The minimum atomic E-state index is 0.0283. The van der Waals surface area contributed by atoms with E-state index in [4.69, 9.17) is 5.73 Å². The first-order valence-electron chi connectivity index (χ1n) is 6.71. The zero-order valence-electron chi connectivity index (χ0n) is 11.0. The summed E-state index contributed by atoms with van der Waals surface area (Å²) in [5.74, 6) is 1.55. The molecule has 1 aromatic carbocycles. The van der Waals surface area contributed by atoms with E-state index < -0.39 is 0 Å². The lowest BCUT2D eigenvalue weighted by atomic mass is 10.3. The lowest BCUT2D eigenvalue weighted by Gasteiger charge is -2.08. The summed E-state index contributed by atoms with van der Waals surface area (Å²) in [4.78, 5) is 16.5. The van der Waals surface area contributed by atoms with Gasteiger partial charge in [-0.25, -0.2) is 4.98 Å². The maximum atomic E-state index is 11.8. The van der Waals surface area contributed by atoms with Gasteiger partial charge in [-0.2, -0.15) is 0 Å². The van der Waals surface area contributed by atoms with Crippen molar-refractivity contribution in [2.45, 2.75) is 32.2 Å². The van der Waals surface area contributed by atoms with Crippen LogP contribution < -0.4 is 11.1 Å². The quantitative estimate of drug-likeness (QED) is 0.819. The number of nitrogens with two attached hydrogens (primary N) is 1. The van der Waals surface area contributed by atoms with Gasteiger partial charge < -0.3 is 15.6 Å². The van der Waals surface area contributed by atoms with E-state index in [2.05, 4.69) is 10.3 Å². The molecule has 1 amide bonds. The first-order chi connectivity index (χ1) is 9.19. The van der Waals surface area contributed by atoms with Gasteiger partial charge in [0.15, 0.2) is 0 Å². The summed E-state index contributed by atoms with van der Waals surface area (Å²) < 4.78 is 2.03. The standard InChI is InChI=1S/C14H18N4O/c1-2-16-13(19)8-18-12-6-5-10(15)7-11(12)17-14(18)9-3-4-9/h5-7,9H,2-4,8,15H2,1H3,(H,16,19). The second-order valence-electron chi connectivity index (χ2n) is 5.03. The summed E-state index contributed by atoms with van der Waals surface area (Å²) in [5.41, 5.74) is 8.37. The Morgan fingerprint density at radius 2 is 2.32 bits per heavy atom. The van der Waals surface area contributed by atoms with Crippen LogP contribution >= 0.6 is 0 Å². The number of nitrogen functional groups attached to an aromatic ring is 1. The Hall–Kier alpha value is -2.04. The largest absolute Gasteiger partial charge is 0.399 e. The molecule has 0 unspecified atom stereocenters. The molecule has 0 spiro atoms. The van der Waals surface area contributed by atoms with Gasteiger partial charge in [-0.05, 0) is 38.0 Å². The van der Waals surface area contributed by atoms with Crippen LogP contribution in [-0.4, -0.2) is 22.0 Å². The monoisotopic (exact) mass is 258 g/mol. The predicted octanol–water partition coefficient (Wildman–Crippen LogP) is 1.63. The number of likely N-dealkylation sites (N-methyl/N-ethyl adjacent to an activating group) is 1. The molecule has 100 valence electrons. The molecule has 1 aliphatic rings. The second-order valence-corrected chi connectivity index (χ2v) is 5.03. The maximum Gasteiger partial charge on any atom is 0.239 e. The van der Waals surface area contributed by atoms with E-state index >= 15 is 0 Å². The molecule has 0 aliphatic heterocycles. The van der Waals surface area contributed by atoms with Crippen LogP contribution in [0.5, 0.6) is 0 Å². The van der Waals surface area contributed by atoms with E-state index in [0.717, 1.165) is 29.7 Å². The number of benzene rings is 1. The van der Waals surface area contributed by atoms with Crippen LogP contribution in [0.4, 0.5) is 5.69 Å². The molecule has 2 aromatic rings. The van der Waals surface area contributed by atoms with E-state index in [0.29, 0.717) is 24.7 Å². The maximum absolute atomic E-state index is 11.8. The van der Waals surface area contributed by atoms with Crippen LogP contribution in [0.3, 0.4) is 0 Å². The van der Waals surface area contributed by atoms with Crippen molar-refractivity contribution in [3.8, 4) is 0 Å². The van der Waals surface area contributed by atoms with Crippen molar-refractivity contribution in [1.82, 2.24) is 14.9 Å². The second kappa shape index (κ2) is 4.57. The molecule has 0 atom stereocenters. The Morgan fingerprint density at radius 1 is 1.53 bits per heavy atom. The minimum absolute atomic E-state index is 0.0283. The average Bonchev–Trinajstić information content (AvgIpc) is 3.14. The molecule has 0 saturated heterocycles. The van der Waals surface area contributed by atoms with E-state index in [1.807, 2.05) is 29.7 Å². The number of hydrogen-bond acceptors (Lipinski definition) is 3. The molecule has 3 N–H and O–H groups in total. The number of fused-ring (bicyclic) bond motifs is 1. The molecule has 1 heterocycles. The van der Waals surface area contributed by atoms with Crippen LogP contribution in [0.1, 0.15) is 31.5 Å². The number of rotatable bonds is 4. The first-order valence-corrected chi connectivity index (χ1v) is 6.71. The summed E-state index contributed by atoms with van der Waals surface area (Å²) >= 11 is 0. The van der Waals surface area contributed by atoms with Crippen molar-refractivity contribution >= 4 is 22.6 Å². The number of hydrogen-bond donors (Lipinski definition) is 2. The number of anilines is 1. The smallest absolute Gasteiger partial charge is 0.239 e. The third kappa shape index (κ3) is 2.28. The molecule has 1 fully saturated rings. The lowest BCUT2D eigenvalue weighted by molar-refractivity contribution is -0.121. The van der Waals surface area contributed by atoms with E-state index in [9.17, 15) is 4.79 Å². The SMILES string of the molecule is CCNC(=O)Cn1c(C2CC2)nc2cc(N)ccc21. The number of imidazole rings is 1. The number of nitrogens with zero attached hydrogens (tertiary/aromatic N) is 2. The summed E-state index contributed by atoms with van der Waals surface area (Å²) in [6, 6.07) is 5.67. The normalized spacial score (nSPS) is 14.8. The van der Waals surface area contributed by atoms with Crippen molar-refractivity contribution in [1.29, 1.82) is 0 Å². The topological polar surface area (TPSA) is 72.9 Å². The van der Waals surface area contributed by atoms with Crippen molar-refractivity contribution in [2.75, 3.05) is 12.3 Å². The lowest BCUT2D eigenvalue weighted by Crippen LogP contribution is -2.27. The van der Waals surface area contributed by atoms with Gasteiger partial charge >= 0.3 is 0 Å². The number of amides is 1. The Kier molecular flexibility index (Phi) is 2.89. The molecule has 1 aliphatic carbocycles. The summed E-state index contributed by atoms with van der Waals surface area (Å²) in [6.45, 7) is 2.91. The van der Waals surface area contributed by atoms with Crippen LogP contribution in [0.25, 0.3) is 11.0 Å². The average molecular weight is 258 g/mol. The number of carbonyl (C=O) groups is 1. The Labute approximate surface area is 111 Å². The van der Waals surface area contributed by atoms with Gasteiger partial charge in [-0.1, -0.05) is 0 Å². The number of carbonyl (C=O) groups excluding carboxylic acids is 1. The molecule has 1 saturated carbocycles. The molecule has 5 heteroatoms. The van der Waals surface area contributed by atoms with Crippen molar-refractivity contribution in [3.63, 3.8) is 0 Å².